The molecule has 1 saturated heterocycles. The van der Waals surface area contributed by atoms with Gasteiger partial charge in [0.25, 0.3) is 0 Å². The molecule has 1 aliphatic heterocycles. The minimum Gasteiger partial charge on any atom is -0.481 e. The number of aliphatic carboxylic acids is 1. The minimum absolute atomic E-state index is 0. The number of hydrogen-bond donors (Lipinski definition) is 1. The second kappa shape index (κ2) is 7.43. The highest BCUT2D eigenvalue weighted by Gasteiger charge is 2.54. The van der Waals surface area contributed by atoms with E-state index in [2.05, 4.69) is 4.90 Å². The van der Waals surface area contributed by atoms with Gasteiger partial charge in [-0.3, -0.25) is 4.79 Å². The maximum Gasteiger partial charge on any atom is 0.311 e. The van der Waals surface area contributed by atoms with Crippen molar-refractivity contribution in [2.24, 2.45) is 11.3 Å². The first-order valence-electron chi connectivity index (χ1n) is 7.44. The number of carboxylic acid groups (broad SMARTS) is 1. The third-order valence-electron chi connectivity index (χ3n) is 4.86. The number of nitrogens with zero attached hydrogens (tertiary/aromatic N) is 1. The first-order valence-corrected chi connectivity index (χ1v) is 8.81. The summed E-state index contributed by atoms with van der Waals surface area (Å²) in [6.45, 7) is 2.64. The van der Waals surface area contributed by atoms with Gasteiger partial charge in [0, 0.05) is 35.3 Å². The SMILES string of the molecule is Cl.O=C(O)[C@@]12CCC[C@H]1CN(CCSc1ccc(Cl)cc1)C2. The molecule has 0 unspecified atom stereocenters. The summed E-state index contributed by atoms with van der Waals surface area (Å²) in [4.78, 5) is 15.2. The van der Waals surface area contributed by atoms with Gasteiger partial charge in [0.2, 0.25) is 0 Å². The van der Waals surface area contributed by atoms with Crippen molar-refractivity contribution in [3.05, 3.63) is 29.3 Å². The van der Waals surface area contributed by atoms with Crippen LogP contribution >= 0.6 is 35.8 Å². The van der Waals surface area contributed by atoms with Gasteiger partial charge >= 0.3 is 5.97 Å². The Kier molecular flexibility index (Phi) is 6.06. The molecule has 1 saturated carbocycles. The van der Waals surface area contributed by atoms with Crippen molar-refractivity contribution in [3.8, 4) is 0 Å². The maximum atomic E-state index is 11.6. The van der Waals surface area contributed by atoms with Crippen molar-refractivity contribution in [1.82, 2.24) is 4.90 Å². The molecule has 3 nitrogen and oxygen atoms in total. The normalized spacial score (nSPS) is 27.4. The lowest BCUT2D eigenvalue weighted by molar-refractivity contribution is -0.149. The average molecular weight is 362 g/mol. The van der Waals surface area contributed by atoms with E-state index in [-0.39, 0.29) is 12.4 Å². The second-order valence-corrected chi connectivity index (χ2v) is 7.69. The molecule has 0 spiro atoms. The van der Waals surface area contributed by atoms with Crippen molar-refractivity contribution >= 4 is 41.7 Å². The van der Waals surface area contributed by atoms with E-state index in [0.717, 1.165) is 49.7 Å². The Labute approximate surface area is 146 Å². The first-order chi connectivity index (χ1) is 10.1. The molecule has 6 heteroatoms. The Balaban J connectivity index is 0.00000176. The number of rotatable bonds is 5. The Bertz CT molecular complexity index is 525. The van der Waals surface area contributed by atoms with E-state index in [9.17, 15) is 9.90 Å². The van der Waals surface area contributed by atoms with Gasteiger partial charge in [0.05, 0.1) is 5.41 Å². The molecule has 3 rings (SSSR count). The van der Waals surface area contributed by atoms with Crippen molar-refractivity contribution in [1.29, 1.82) is 0 Å². The van der Waals surface area contributed by atoms with E-state index in [4.69, 9.17) is 11.6 Å². The van der Waals surface area contributed by atoms with Gasteiger partial charge in [-0.25, -0.2) is 0 Å². The van der Waals surface area contributed by atoms with Crippen LogP contribution in [0.25, 0.3) is 0 Å². The molecule has 1 heterocycles. The van der Waals surface area contributed by atoms with Crippen LogP contribution in [0.5, 0.6) is 0 Å². The second-order valence-electron chi connectivity index (χ2n) is 6.09. The van der Waals surface area contributed by atoms with Crippen LogP contribution in [0.4, 0.5) is 0 Å². The molecule has 2 fully saturated rings. The number of hydrogen-bond acceptors (Lipinski definition) is 3. The molecule has 1 aromatic rings. The summed E-state index contributed by atoms with van der Waals surface area (Å²) in [6, 6.07) is 7.88. The molecule has 0 bridgehead atoms. The van der Waals surface area contributed by atoms with Crippen LogP contribution < -0.4 is 0 Å². The van der Waals surface area contributed by atoms with Gasteiger partial charge in [-0.2, -0.15) is 0 Å². The van der Waals surface area contributed by atoms with Gasteiger partial charge in [0.1, 0.15) is 0 Å². The fourth-order valence-corrected chi connectivity index (χ4v) is 4.78. The summed E-state index contributed by atoms with van der Waals surface area (Å²) in [5.74, 6) is 0.762. The molecular weight excluding hydrogens is 341 g/mol. The smallest absolute Gasteiger partial charge is 0.311 e. The number of likely N-dealkylation sites (tertiary alicyclic amines) is 1. The van der Waals surface area contributed by atoms with Crippen molar-refractivity contribution in [2.45, 2.75) is 24.2 Å². The summed E-state index contributed by atoms with van der Waals surface area (Å²) in [5.41, 5.74) is -0.453. The maximum absolute atomic E-state index is 11.6. The number of benzene rings is 1. The molecule has 0 amide bonds. The third kappa shape index (κ3) is 3.56. The predicted octanol–water partition coefficient (Wildman–Crippen LogP) is 4.04. The van der Waals surface area contributed by atoms with Crippen LogP contribution in [0.3, 0.4) is 0 Å². The molecule has 1 aliphatic carbocycles. The van der Waals surface area contributed by atoms with E-state index in [1.165, 1.54) is 4.90 Å². The fraction of sp³-hybridized carbons (Fsp3) is 0.562. The van der Waals surface area contributed by atoms with Crippen LogP contribution in [-0.4, -0.2) is 41.4 Å². The number of carboxylic acids is 1. The predicted molar refractivity (Wildman–Crippen MR) is 93.3 cm³/mol. The molecule has 22 heavy (non-hydrogen) atoms. The topological polar surface area (TPSA) is 40.5 Å². The molecule has 2 atom stereocenters. The van der Waals surface area contributed by atoms with E-state index >= 15 is 0 Å². The highest BCUT2D eigenvalue weighted by atomic mass is 35.5. The molecule has 1 N–H and O–H groups in total. The summed E-state index contributed by atoms with van der Waals surface area (Å²) >= 11 is 7.68. The fourth-order valence-electron chi connectivity index (χ4n) is 3.74. The molecule has 0 radical (unpaired) electrons. The number of halogens is 2. The van der Waals surface area contributed by atoms with Crippen LogP contribution in [-0.2, 0) is 4.79 Å². The average Bonchev–Trinajstić information content (AvgIpc) is 2.98. The third-order valence-corrected chi connectivity index (χ3v) is 6.10. The lowest BCUT2D eigenvalue weighted by Gasteiger charge is -2.23. The van der Waals surface area contributed by atoms with Crippen LogP contribution in [0.2, 0.25) is 5.02 Å². The van der Waals surface area contributed by atoms with Crippen molar-refractivity contribution in [2.75, 3.05) is 25.4 Å². The van der Waals surface area contributed by atoms with E-state index in [0.29, 0.717) is 5.92 Å². The number of carbonyl (C=O) groups is 1. The van der Waals surface area contributed by atoms with Gasteiger partial charge in [-0.05, 0) is 43.0 Å². The van der Waals surface area contributed by atoms with Gasteiger partial charge in [-0.15, -0.1) is 24.2 Å². The van der Waals surface area contributed by atoms with Crippen molar-refractivity contribution in [3.63, 3.8) is 0 Å². The number of thioether (sulfide) groups is 1. The zero-order chi connectivity index (χ0) is 14.9. The van der Waals surface area contributed by atoms with Gasteiger partial charge < -0.3 is 10.0 Å². The quantitative estimate of drug-likeness (QED) is 0.803. The van der Waals surface area contributed by atoms with Crippen LogP contribution in [0, 0.1) is 11.3 Å². The highest BCUT2D eigenvalue weighted by Crippen LogP contribution is 2.48. The largest absolute Gasteiger partial charge is 0.481 e. The Morgan fingerprint density at radius 3 is 2.77 bits per heavy atom. The van der Waals surface area contributed by atoms with E-state index in [1.54, 1.807) is 11.8 Å². The monoisotopic (exact) mass is 361 g/mol. The standard InChI is InChI=1S/C16H20ClNO2S.ClH/c17-13-3-5-14(6-4-13)21-9-8-18-10-12-2-1-7-16(12,11-18)15(19)20;/h3-6,12H,1-2,7-11H2,(H,19,20);1H/t12-,16+;/m0./s1. The molecular formula is C16H21Cl2NO2S. The first kappa shape index (κ1) is 17.9. The van der Waals surface area contributed by atoms with Gasteiger partial charge in [-0.1, -0.05) is 18.0 Å². The Morgan fingerprint density at radius 2 is 2.14 bits per heavy atom. The van der Waals surface area contributed by atoms with Crippen LogP contribution in [0.15, 0.2) is 29.2 Å². The van der Waals surface area contributed by atoms with E-state index in [1.807, 2.05) is 24.3 Å². The van der Waals surface area contributed by atoms with Gasteiger partial charge in [0.15, 0.2) is 0 Å². The summed E-state index contributed by atoms with van der Waals surface area (Å²) < 4.78 is 0. The molecule has 122 valence electrons. The summed E-state index contributed by atoms with van der Waals surface area (Å²) in [6.07, 6.45) is 3.01. The summed E-state index contributed by atoms with van der Waals surface area (Å²) in [5, 5.41) is 10.3. The Hall–Kier alpha value is -0.420. The number of fused-ring (bicyclic) bond motifs is 1. The minimum atomic E-state index is -0.585. The van der Waals surface area contributed by atoms with Crippen LogP contribution in [0.1, 0.15) is 19.3 Å². The highest BCUT2D eigenvalue weighted by molar-refractivity contribution is 7.99. The lowest BCUT2D eigenvalue weighted by Crippen LogP contribution is -2.36. The summed E-state index contributed by atoms with van der Waals surface area (Å²) in [7, 11) is 0. The lowest BCUT2D eigenvalue weighted by atomic mass is 9.81. The zero-order valence-electron chi connectivity index (χ0n) is 12.3. The van der Waals surface area contributed by atoms with Crippen molar-refractivity contribution < 1.29 is 9.90 Å². The van der Waals surface area contributed by atoms with E-state index < -0.39 is 11.4 Å². The zero-order valence-corrected chi connectivity index (χ0v) is 14.7. The molecule has 1 aromatic carbocycles. The molecule has 0 aromatic heterocycles. The Morgan fingerprint density at radius 1 is 1.41 bits per heavy atom. The molecule has 2 aliphatic rings.